The summed E-state index contributed by atoms with van der Waals surface area (Å²) in [6, 6.07) is 11.2. The fraction of sp³-hybridized carbons (Fsp3) is 0.368. The summed E-state index contributed by atoms with van der Waals surface area (Å²) in [6.45, 7) is 6.99. The van der Waals surface area contributed by atoms with Gasteiger partial charge in [-0.05, 0) is 56.4 Å². The first kappa shape index (κ1) is 13.1. The lowest BCUT2D eigenvalue weighted by atomic mass is 10.0. The van der Waals surface area contributed by atoms with Gasteiger partial charge in [-0.2, -0.15) is 0 Å². The van der Waals surface area contributed by atoms with Crippen LogP contribution in [-0.4, -0.2) is 13.1 Å². The van der Waals surface area contributed by atoms with Crippen molar-refractivity contribution in [1.29, 1.82) is 0 Å². The molecular weight excluding hydrogens is 274 g/mol. The van der Waals surface area contributed by atoms with E-state index in [1.165, 1.54) is 69.3 Å². The van der Waals surface area contributed by atoms with Crippen LogP contribution in [0.3, 0.4) is 0 Å². The van der Waals surface area contributed by atoms with E-state index in [2.05, 4.69) is 49.1 Å². The van der Waals surface area contributed by atoms with Crippen molar-refractivity contribution in [3.8, 4) is 0 Å². The predicted octanol–water partition coefficient (Wildman–Crippen LogP) is 5.66. The minimum absolute atomic E-state index is 1.22. The van der Waals surface area contributed by atoms with E-state index in [1.54, 1.807) is 0 Å². The second-order valence-corrected chi connectivity index (χ2v) is 7.24. The molecule has 1 nitrogen and oxygen atoms in total. The number of rotatable bonds is 1. The molecule has 3 aromatic rings. The number of anilines is 1. The zero-order valence-electron chi connectivity index (χ0n) is 12.8. The van der Waals surface area contributed by atoms with Crippen LogP contribution in [0.4, 0.5) is 5.69 Å². The van der Waals surface area contributed by atoms with Gasteiger partial charge in [0.1, 0.15) is 0 Å². The molecule has 2 aromatic carbocycles. The maximum Gasteiger partial charge on any atom is 0.0591 e. The molecule has 21 heavy (non-hydrogen) atoms. The van der Waals surface area contributed by atoms with Crippen molar-refractivity contribution in [2.75, 3.05) is 18.0 Å². The molecular formula is C19H21NS. The van der Waals surface area contributed by atoms with Crippen molar-refractivity contribution in [2.24, 2.45) is 0 Å². The van der Waals surface area contributed by atoms with Crippen molar-refractivity contribution in [1.82, 2.24) is 0 Å². The quantitative estimate of drug-likeness (QED) is 0.560. The lowest BCUT2D eigenvalue weighted by Gasteiger charge is -2.31. The average molecular weight is 295 g/mol. The van der Waals surface area contributed by atoms with Crippen molar-refractivity contribution in [3.05, 3.63) is 41.5 Å². The fourth-order valence-corrected chi connectivity index (χ4v) is 4.88. The van der Waals surface area contributed by atoms with Gasteiger partial charge < -0.3 is 4.90 Å². The molecule has 0 amide bonds. The van der Waals surface area contributed by atoms with Gasteiger partial charge >= 0.3 is 0 Å². The molecule has 1 aromatic heterocycles. The second-order valence-electron chi connectivity index (χ2n) is 6.19. The number of aryl methyl sites for hydroxylation is 1. The van der Waals surface area contributed by atoms with Crippen molar-refractivity contribution in [3.63, 3.8) is 0 Å². The van der Waals surface area contributed by atoms with E-state index in [0.717, 1.165) is 0 Å². The number of fused-ring (bicyclic) bond motifs is 3. The Labute approximate surface area is 130 Å². The zero-order valence-corrected chi connectivity index (χ0v) is 13.6. The second kappa shape index (κ2) is 5.03. The number of benzene rings is 2. The van der Waals surface area contributed by atoms with Crippen LogP contribution in [0.25, 0.3) is 20.2 Å². The summed E-state index contributed by atoms with van der Waals surface area (Å²) in [5.41, 5.74) is 4.40. The van der Waals surface area contributed by atoms with Gasteiger partial charge in [-0.1, -0.05) is 18.2 Å². The summed E-state index contributed by atoms with van der Waals surface area (Å²) < 4.78 is 2.90. The Bertz CT molecular complexity index is 809. The molecule has 1 fully saturated rings. The molecule has 0 radical (unpaired) electrons. The summed E-state index contributed by atoms with van der Waals surface area (Å²) >= 11 is 1.96. The van der Waals surface area contributed by atoms with E-state index in [1.807, 2.05) is 11.3 Å². The van der Waals surface area contributed by atoms with Crippen LogP contribution in [0.1, 0.15) is 30.4 Å². The first-order valence-electron chi connectivity index (χ1n) is 7.92. The van der Waals surface area contributed by atoms with Crippen molar-refractivity contribution >= 4 is 37.2 Å². The molecule has 1 saturated heterocycles. The summed E-state index contributed by atoms with van der Waals surface area (Å²) in [4.78, 5) is 2.63. The fourth-order valence-electron chi connectivity index (χ4n) is 3.56. The molecule has 0 atom stereocenters. The van der Waals surface area contributed by atoms with Gasteiger partial charge in [-0.15, -0.1) is 11.3 Å². The molecule has 0 aliphatic carbocycles. The van der Waals surface area contributed by atoms with E-state index >= 15 is 0 Å². The topological polar surface area (TPSA) is 3.24 Å². The summed E-state index contributed by atoms with van der Waals surface area (Å²) in [5.74, 6) is 0. The highest BCUT2D eigenvalue weighted by molar-refractivity contribution is 7.26. The van der Waals surface area contributed by atoms with E-state index in [0.29, 0.717) is 0 Å². The number of nitrogens with zero attached hydrogens (tertiary/aromatic N) is 1. The Balaban J connectivity index is 2.04. The standard InChI is InChI=1S/C19H21NS/c1-13-12-16-15-8-4-5-9-17(15)21-19(16)18(14(13)2)20-10-6-3-7-11-20/h4-5,8-9,12H,3,6-7,10-11H2,1-2H3. The molecule has 1 aliphatic heterocycles. The van der Waals surface area contributed by atoms with E-state index in [-0.39, 0.29) is 0 Å². The lowest BCUT2D eigenvalue weighted by Crippen LogP contribution is -2.30. The molecule has 1 aliphatic rings. The van der Waals surface area contributed by atoms with Crippen LogP contribution >= 0.6 is 11.3 Å². The van der Waals surface area contributed by atoms with Crippen LogP contribution in [0.2, 0.25) is 0 Å². The largest absolute Gasteiger partial charge is 0.370 e. The van der Waals surface area contributed by atoms with Crippen molar-refractivity contribution in [2.45, 2.75) is 33.1 Å². The Kier molecular flexibility index (Phi) is 3.15. The lowest BCUT2D eigenvalue weighted by molar-refractivity contribution is 0.578. The van der Waals surface area contributed by atoms with Gasteiger partial charge in [0.15, 0.2) is 0 Å². The highest BCUT2D eigenvalue weighted by Crippen LogP contribution is 2.43. The van der Waals surface area contributed by atoms with Crippen molar-refractivity contribution < 1.29 is 0 Å². The van der Waals surface area contributed by atoms with Crippen LogP contribution < -0.4 is 4.90 Å². The number of thiophene rings is 1. The smallest absolute Gasteiger partial charge is 0.0591 e. The van der Waals surface area contributed by atoms with Crippen LogP contribution in [0.15, 0.2) is 30.3 Å². The molecule has 2 heteroatoms. The normalized spacial score (nSPS) is 16.0. The molecule has 2 heterocycles. The van der Waals surface area contributed by atoms with Crippen LogP contribution in [-0.2, 0) is 0 Å². The first-order chi connectivity index (χ1) is 10.3. The van der Waals surface area contributed by atoms with Gasteiger partial charge in [0.25, 0.3) is 0 Å². The Morgan fingerprint density at radius 1 is 0.952 bits per heavy atom. The monoisotopic (exact) mass is 295 g/mol. The third kappa shape index (κ3) is 2.04. The summed E-state index contributed by atoms with van der Waals surface area (Å²) in [7, 11) is 0. The third-order valence-electron chi connectivity index (χ3n) is 4.83. The number of hydrogen-bond donors (Lipinski definition) is 0. The maximum absolute atomic E-state index is 2.63. The first-order valence-corrected chi connectivity index (χ1v) is 8.74. The Hall–Kier alpha value is -1.54. The average Bonchev–Trinajstić information content (AvgIpc) is 2.87. The molecule has 0 unspecified atom stereocenters. The SMILES string of the molecule is Cc1cc2c(sc3ccccc32)c(N2CCCCC2)c1C. The molecule has 0 N–H and O–H groups in total. The van der Waals surface area contributed by atoms with Crippen LogP contribution in [0.5, 0.6) is 0 Å². The minimum Gasteiger partial charge on any atom is -0.370 e. The van der Waals surface area contributed by atoms with E-state index < -0.39 is 0 Å². The third-order valence-corrected chi connectivity index (χ3v) is 6.02. The number of piperidine rings is 1. The summed E-state index contributed by atoms with van der Waals surface area (Å²) in [5, 5.41) is 2.86. The van der Waals surface area contributed by atoms with Crippen LogP contribution in [0, 0.1) is 13.8 Å². The highest BCUT2D eigenvalue weighted by atomic mass is 32.1. The molecule has 0 bridgehead atoms. The van der Waals surface area contributed by atoms with Gasteiger partial charge in [0, 0.05) is 28.6 Å². The molecule has 108 valence electrons. The Morgan fingerprint density at radius 2 is 1.71 bits per heavy atom. The van der Waals surface area contributed by atoms with E-state index in [4.69, 9.17) is 0 Å². The van der Waals surface area contributed by atoms with Gasteiger partial charge in [0.05, 0.1) is 10.4 Å². The zero-order chi connectivity index (χ0) is 14.4. The summed E-state index contributed by atoms with van der Waals surface area (Å²) in [6.07, 6.45) is 4.05. The van der Waals surface area contributed by atoms with Gasteiger partial charge in [-0.3, -0.25) is 0 Å². The van der Waals surface area contributed by atoms with E-state index in [9.17, 15) is 0 Å². The van der Waals surface area contributed by atoms with Gasteiger partial charge in [0.2, 0.25) is 0 Å². The minimum atomic E-state index is 1.22. The molecule has 0 spiro atoms. The molecule has 4 rings (SSSR count). The van der Waals surface area contributed by atoms with Gasteiger partial charge in [-0.25, -0.2) is 0 Å². The predicted molar refractivity (Wildman–Crippen MR) is 94.9 cm³/mol. The highest BCUT2D eigenvalue weighted by Gasteiger charge is 2.19. The molecule has 0 saturated carbocycles. The maximum atomic E-state index is 2.63. The Morgan fingerprint density at radius 3 is 2.52 bits per heavy atom. The number of hydrogen-bond acceptors (Lipinski definition) is 2.